The van der Waals surface area contributed by atoms with Crippen LogP contribution in [0.1, 0.15) is 24.8 Å². The predicted molar refractivity (Wildman–Crippen MR) is 80.3 cm³/mol. The quantitative estimate of drug-likeness (QED) is 0.751. The molecule has 1 amide bonds. The van der Waals surface area contributed by atoms with E-state index in [0.717, 1.165) is 32.2 Å². The maximum absolute atomic E-state index is 11.8. The third-order valence-electron chi connectivity index (χ3n) is 3.74. The lowest BCUT2D eigenvalue weighted by molar-refractivity contribution is -0.192. The van der Waals surface area contributed by atoms with Gasteiger partial charge in [-0.25, -0.2) is 4.79 Å². The molecule has 1 aromatic rings. The van der Waals surface area contributed by atoms with Crippen molar-refractivity contribution in [1.29, 1.82) is 0 Å². The van der Waals surface area contributed by atoms with E-state index in [-0.39, 0.29) is 11.4 Å². The van der Waals surface area contributed by atoms with Crippen molar-refractivity contribution >= 4 is 11.9 Å². The molecule has 0 radical (unpaired) electrons. The van der Waals surface area contributed by atoms with Crippen molar-refractivity contribution in [2.24, 2.45) is 0 Å². The Balaban J connectivity index is 0.000000351. The molecule has 1 fully saturated rings. The molecule has 24 heavy (non-hydrogen) atoms. The van der Waals surface area contributed by atoms with Gasteiger partial charge in [0.1, 0.15) is 0 Å². The van der Waals surface area contributed by atoms with Crippen LogP contribution in [0.15, 0.2) is 24.5 Å². The Labute approximate surface area is 137 Å². The van der Waals surface area contributed by atoms with Gasteiger partial charge in [0.15, 0.2) is 0 Å². The van der Waals surface area contributed by atoms with Crippen LogP contribution in [0.25, 0.3) is 0 Å². The molecule has 0 saturated carbocycles. The van der Waals surface area contributed by atoms with E-state index in [9.17, 15) is 18.0 Å². The van der Waals surface area contributed by atoms with Gasteiger partial charge in [0.05, 0.1) is 5.54 Å². The van der Waals surface area contributed by atoms with Gasteiger partial charge in [-0.1, -0.05) is 0 Å². The molecule has 9 heteroatoms. The number of aromatic nitrogens is 1. The zero-order valence-electron chi connectivity index (χ0n) is 13.2. The van der Waals surface area contributed by atoms with Gasteiger partial charge in [-0.15, -0.1) is 0 Å². The van der Waals surface area contributed by atoms with E-state index < -0.39 is 12.1 Å². The Kier molecular flexibility index (Phi) is 7.15. The summed E-state index contributed by atoms with van der Waals surface area (Å²) in [5.41, 5.74) is 0.980. The first-order valence-electron chi connectivity index (χ1n) is 7.37. The minimum Gasteiger partial charge on any atom is -0.475 e. The van der Waals surface area contributed by atoms with Crippen LogP contribution in [0.5, 0.6) is 0 Å². The van der Waals surface area contributed by atoms with Gasteiger partial charge in [0.25, 0.3) is 0 Å². The molecule has 1 saturated heterocycles. The predicted octanol–water partition coefficient (Wildman–Crippen LogP) is 1.52. The SMILES string of the molecule is CNC(=O)C1(CCCc2ccncc2)CCN1.O=C(O)C(F)(F)F. The second-order valence-electron chi connectivity index (χ2n) is 5.35. The number of carbonyl (C=O) groups is 2. The number of nitrogens with one attached hydrogen (secondary N) is 2. The lowest BCUT2D eigenvalue weighted by Gasteiger charge is -2.41. The molecule has 1 aliphatic rings. The molecule has 1 atom stereocenters. The Morgan fingerprint density at radius 3 is 2.29 bits per heavy atom. The number of hydrogen-bond donors (Lipinski definition) is 3. The number of aliphatic carboxylic acids is 1. The van der Waals surface area contributed by atoms with E-state index in [1.807, 2.05) is 24.5 Å². The Morgan fingerprint density at radius 1 is 1.38 bits per heavy atom. The molecule has 6 nitrogen and oxygen atoms in total. The standard InChI is InChI=1S/C13H19N3O.C2HF3O2/c1-14-12(17)13(7-10-16-13)6-2-3-11-4-8-15-9-5-11;3-2(4,5)1(6)7/h4-5,8-9,16H,2-3,6-7,10H2,1H3,(H,14,17);(H,6,7). The summed E-state index contributed by atoms with van der Waals surface area (Å²) in [5.74, 6) is -2.63. The Morgan fingerprint density at radius 2 is 1.92 bits per heavy atom. The summed E-state index contributed by atoms with van der Waals surface area (Å²) < 4.78 is 31.7. The van der Waals surface area contributed by atoms with Crippen LogP contribution in [0, 0.1) is 0 Å². The van der Waals surface area contributed by atoms with Crippen molar-refractivity contribution in [3.05, 3.63) is 30.1 Å². The molecule has 0 aromatic carbocycles. The fourth-order valence-corrected chi connectivity index (χ4v) is 2.33. The number of alkyl halides is 3. The van der Waals surface area contributed by atoms with Gasteiger partial charge in [0.2, 0.25) is 5.91 Å². The Bertz CT molecular complexity index is 546. The highest BCUT2D eigenvalue weighted by molar-refractivity contribution is 5.87. The van der Waals surface area contributed by atoms with Gasteiger partial charge in [-0.3, -0.25) is 9.78 Å². The topological polar surface area (TPSA) is 91.3 Å². The summed E-state index contributed by atoms with van der Waals surface area (Å²) in [5, 5.41) is 13.1. The number of carboxylic acid groups (broad SMARTS) is 1. The van der Waals surface area contributed by atoms with E-state index in [1.165, 1.54) is 5.56 Å². The second kappa shape index (κ2) is 8.62. The van der Waals surface area contributed by atoms with E-state index >= 15 is 0 Å². The van der Waals surface area contributed by atoms with Crippen LogP contribution in [0.3, 0.4) is 0 Å². The monoisotopic (exact) mass is 347 g/mol. The number of halogens is 3. The highest BCUT2D eigenvalue weighted by Gasteiger charge is 2.42. The first-order valence-corrected chi connectivity index (χ1v) is 7.37. The zero-order chi connectivity index (χ0) is 18.2. The minimum absolute atomic E-state index is 0.124. The third-order valence-corrected chi connectivity index (χ3v) is 3.74. The highest BCUT2D eigenvalue weighted by atomic mass is 19.4. The van der Waals surface area contributed by atoms with Crippen molar-refractivity contribution in [2.45, 2.75) is 37.4 Å². The normalized spacial score (nSPS) is 19.5. The van der Waals surface area contributed by atoms with Crippen molar-refractivity contribution in [1.82, 2.24) is 15.6 Å². The van der Waals surface area contributed by atoms with Gasteiger partial charge in [0, 0.05) is 19.4 Å². The number of nitrogens with zero attached hydrogens (tertiary/aromatic N) is 1. The lowest BCUT2D eigenvalue weighted by Crippen LogP contribution is -2.65. The van der Waals surface area contributed by atoms with Crippen LogP contribution >= 0.6 is 0 Å². The summed E-state index contributed by atoms with van der Waals surface area (Å²) in [6.07, 6.45) is 2.41. The van der Waals surface area contributed by atoms with Crippen molar-refractivity contribution < 1.29 is 27.9 Å². The van der Waals surface area contributed by atoms with Crippen molar-refractivity contribution in [3.8, 4) is 0 Å². The summed E-state index contributed by atoms with van der Waals surface area (Å²) >= 11 is 0. The molecule has 3 N–H and O–H groups in total. The Hall–Kier alpha value is -2.16. The number of rotatable bonds is 5. The van der Waals surface area contributed by atoms with Gasteiger partial charge < -0.3 is 15.7 Å². The van der Waals surface area contributed by atoms with E-state index in [1.54, 1.807) is 7.05 Å². The molecule has 0 bridgehead atoms. The van der Waals surface area contributed by atoms with E-state index in [2.05, 4.69) is 15.6 Å². The zero-order valence-corrected chi connectivity index (χ0v) is 13.2. The molecular weight excluding hydrogens is 327 g/mol. The molecular formula is C15H20F3N3O3. The maximum Gasteiger partial charge on any atom is 0.490 e. The second-order valence-corrected chi connectivity index (χ2v) is 5.35. The summed E-state index contributed by atoms with van der Waals surface area (Å²) in [4.78, 5) is 24.7. The fraction of sp³-hybridized carbons (Fsp3) is 0.533. The number of hydrogen-bond acceptors (Lipinski definition) is 4. The van der Waals surface area contributed by atoms with Gasteiger partial charge in [-0.2, -0.15) is 13.2 Å². The molecule has 1 aromatic heterocycles. The maximum atomic E-state index is 11.8. The molecule has 134 valence electrons. The molecule has 2 heterocycles. The van der Waals surface area contributed by atoms with Crippen LogP contribution in [-0.2, 0) is 16.0 Å². The number of carboxylic acids is 1. The van der Waals surface area contributed by atoms with Crippen molar-refractivity contribution in [2.75, 3.05) is 13.6 Å². The first-order chi connectivity index (χ1) is 11.2. The largest absolute Gasteiger partial charge is 0.490 e. The number of carbonyl (C=O) groups excluding carboxylic acids is 1. The summed E-state index contributed by atoms with van der Waals surface area (Å²) in [6, 6.07) is 4.06. The average molecular weight is 347 g/mol. The summed E-state index contributed by atoms with van der Waals surface area (Å²) in [7, 11) is 1.70. The smallest absolute Gasteiger partial charge is 0.475 e. The van der Waals surface area contributed by atoms with Crippen LogP contribution in [-0.4, -0.2) is 47.3 Å². The molecule has 0 spiro atoms. The van der Waals surface area contributed by atoms with Gasteiger partial charge in [-0.05, 0) is 49.9 Å². The highest BCUT2D eigenvalue weighted by Crippen LogP contribution is 2.25. The van der Waals surface area contributed by atoms with Crippen LogP contribution in [0.4, 0.5) is 13.2 Å². The third kappa shape index (κ3) is 5.80. The molecule has 0 aliphatic carbocycles. The van der Waals surface area contributed by atoms with E-state index in [4.69, 9.17) is 9.90 Å². The minimum atomic E-state index is -5.08. The van der Waals surface area contributed by atoms with E-state index in [0.29, 0.717) is 0 Å². The summed E-state index contributed by atoms with van der Waals surface area (Å²) in [6.45, 7) is 0.947. The number of likely N-dealkylation sites (N-methyl/N-ethyl adjacent to an activating group) is 1. The average Bonchev–Trinajstić information content (AvgIpc) is 2.50. The van der Waals surface area contributed by atoms with Crippen molar-refractivity contribution in [3.63, 3.8) is 0 Å². The van der Waals surface area contributed by atoms with Crippen LogP contribution < -0.4 is 10.6 Å². The molecule has 1 aliphatic heterocycles. The molecule has 1 unspecified atom stereocenters. The fourth-order valence-electron chi connectivity index (χ4n) is 2.33. The number of pyridine rings is 1. The first kappa shape index (κ1) is 19.9. The molecule has 2 rings (SSSR count). The number of amides is 1. The van der Waals surface area contributed by atoms with Gasteiger partial charge >= 0.3 is 12.1 Å². The number of aryl methyl sites for hydroxylation is 1. The lowest BCUT2D eigenvalue weighted by atomic mass is 9.81. The van der Waals surface area contributed by atoms with Crippen LogP contribution in [0.2, 0.25) is 0 Å².